The first-order valence-corrected chi connectivity index (χ1v) is 8.79. The molecule has 0 amide bonds. The molecule has 1 aromatic carbocycles. The van der Waals surface area contributed by atoms with Crippen LogP contribution in [0.1, 0.15) is 39.0 Å². The third-order valence-electron chi connectivity index (χ3n) is 4.32. The normalized spacial score (nSPS) is 18.3. The first-order chi connectivity index (χ1) is 9.38. The zero-order valence-electron chi connectivity index (χ0n) is 11.7. The van der Waals surface area contributed by atoms with Crippen molar-refractivity contribution in [1.82, 2.24) is 4.72 Å². The Morgan fingerprint density at radius 3 is 2.60 bits per heavy atom. The first-order valence-electron chi connectivity index (χ1n) is 6.93. The summed E-state index contributed by atoms with van der Waals surface area (Å²) in [5, 5.41) is 0.366. The molecule has 0 radical (unpaired) electrons. The van der Waals surface area contributed by atoms with Crippen LogP contribution >= 0.6 is 11.6 Å². The summed E-state index contributed by atoms with van der Waals surface area (Å²) in [7, 11) is -3.61. The van der Waals surface area contributed by atoms with E-state index in [2.05, 4.69) is 11.6 Å². The fourth-order valence-electron chi connectivity index (χ4n) is 2.85. The molecule has 112 valence electrons. The smallest absolute Gasteiger partial charge is 0.242 e. The summed E-state index contributed by atoms with van der Waals surface area (Å²) < 4.78 is 27.5. The lowest BCUT2D eigenvalue weighted by molar-refractivity contribution is 0.285. The van der Waals surface area contributed by atoms with Crippen LogP contribution in [0.25, 0.3) is 0 Å². The standard InChI is InChI=1S/C14H21ClN2O2S/c1-2-14(7-3-4-8-14)10-17-20(18,19)13-9-11(15)5-6-12(13)16/h5-6,9,17H,2-4,7-8,10,16H2,1H3. The summed E-state index contributed by atoms with van der Waals surface area (Å²) in [6.07, 6.45) is 5.50. The molecular formula is C14H21ClN2O2S. The van der Waals surface area contributed by atoms with E-state index in [0.29, 0.717) is 11.6 Å². The molecule has 0 atom stereocenters. The molecule has 0 spiro atoms. The highest BCUT2D eigenvalue weighted by atomic mass is 35.5. The minimum Gasteiger partial charge on any atom is -0.398 e. The number of nitrogens with one attached hydrogen (secondary N) is 1. The zero-order chi connectivity index (χ0) is 14.8. The summed E-state index contributed by atoms with van der Waals surface area (Å²) in [5.41, 5.74) is 6.07. The lowest BCUT2D eigenvalue weighted by Gasteiger charge is -2.27. The number of nitrogen functional groups attached to an aromatic ring is 1. The van der Waals surface area contributed by atoms with E-state index in [9.17, 15) is 8.42 Å². The molecule has 0 bridgehead atoms. The van der Waals surface area contributed by atoms with Gasteiger partial charge in [0, 0.05) is 11.6 Å². The molecular weight excluding hydrogens is 296 g/mol. The van der Waals surface area contributed by atoms with Gasteiger partial charge in [-0.05, 0) is 42.9 Å². The monoisotopic (exact) mass is 316 g/mol. The lowest BCUT2D eigenvalue weighted by Crippen LogP contribution is -2.35. The van der Waals surface area contributed by atoms with E-state index in [1.54, 1.807) is 6.07 Å². The highest BCUT2D eigenvalue weighted by Gasteiger charge is 2.33. The Bertz CT molecular complexity index is 581. The molecule has 0 heterocycles. The maximum absolute atomic E-state index is 12.4. The van der Waals surface area contributed by atoms with Crippen molar-refractivity contribution in [3.8, 4) is 0 Å². The predicted octanol–water partition coefficient (Wildman–Crippen LogP) is 3.17. The van der Waals surface area contributed by atoms with Gasteiger partial charge in [-0.1, -0.05) is 31.4 Å². The van der Waals surface area contributed by atoms with Crippen molar-refractivity contribution in [2.45, 2.75) is 43.9 Å². The molecule has 0 saturated heterocycles. The van der Waals surface area contributed by atoms with Crippen molar-refractivity contribution >= 4 is 27.3 Å². The van der Waals surface area contributed by atoms with Crippen molar-refractivity contribution in [3.63, 3.8) is 0 Å². The Hall–Kier alpha value is -0.780. The van der Waals surface area contributed by atoms with E-state index in [1.165, 1.54) is 25.0 Å². The van der Waals surface area contributed by atoms with Crippen LogP contribution < -0.4 is 10.5 Å². The van der Waals surface area contributed by atoms with Gasteiger partial charge in [0.25, 0.3) is 0 Å². The van der Waals surface area contributed by atoms with Gasteiger partial charge in [-0.15, -0.1) is 0 Å². The van der Waals surface area contributed by atoms with Crippen LogP contribution in [0.2, 0.25) is 5.02 Å². The molecule has 1 aliphatic carbocycles. The number of sulfonamides is 1. The number of hydrogen-bond acceptors (Lipinski definition) is 3. The van der Waals surface area contributed by atoms with E-state index in [-0.39, 0.29) is 16.0 Å². The third kappa shape index (κ3) is 3.27. The molecule has 1 fully saturated rings. The fraction of sp³-hybridized carbons (Fsp3) is 0.571. The minimum atomic E-state index is -3.61. The molecule has 1 saturated carbocycles. The summed E-state index contributed by atoms with van der Waals surface area (Å²) >= 11 is 5.86. The Labute approximate surface area is 125 Å². The van der Waals surface area contributed by atoms with E-state index >= 15 is 0 Å². The van der Waals surface area contributed by atoms with Gasteiger partial charge in [0.2, 0.25) is 10.0 Å². The van der Waals surface area contributed by atoms with Crippen LogP contribution in [0.15, 0.2) is 23.1 Å². The predicted molar refractivity (Wildman–Crippen MR) is 82.2 cm³/mol. The van der Waals surface area contributed by atoms with Crippen molar-refractivity contribution in [2.24, 2.45) is 5.41 Å². The minimum absolute atomic E-state index is 0.0641. The first kappa shape index (κ1) is 15.6. The quantitative estimate of drug-likeness (QED) is 0.819. The molecule has 4 nitrogen and oxygen atoms in total. The highest BCUT2D eigenvalue weighted by Crippen LogP contribution is 2.40. The molecule has 0 aliphatic heterocycles. The van der Waals surface area contributed by atoms with Crippen LogP contribution in [0.5, 0.6) is 0 Å². The van der Waals surface area contributed by atoms with E-state index in [4.69, 9.17) is 17.3 Å². The number of nitrogens with two attached hydrogens (primary N) is 1. The average Bonchev–Trinajstić information content (AvgIpc) is 2.89. The van der Waals surface area contributed by atoms with Gasteiger partial charge in [-0.2, -0.15) is 0 Å². The van der Waals surface area contributed by atoms with Gasteiger partial charge in [0.15, 0.2) is 0 Å². The van der Waals surface area contributed by atoms with E-state index < -0.39 is 10.0 Å². The summed E-state index contributed by atoms with van der Waals surface area (Å²) in [5.74, 6) is 0. The SMILES string of the molecule is CCC1(CNS(=O)(=O)c2cc(Cl)ccc2N)CCCC1. The largest absolute Gasteiger partial charge is 0.398 e. The third-order valence-corrected chi connectivity index (χ3v) is 6.01. The second-order valence-electron chi connectivity index (χ2n) is 5.57. The molecule has 3 N–H and O–H groups in total. The number of halogens is 1. The van der Waals surface area contributed by atoms with Gasteiger partial charge < -0.3 is 5.73 Å². The molecule has 0 aromatic heterocycles. The molecule has 2 rings (SSSR count). The average molecular weight is 317 g/mol. The molecule has 1 aliphatic rings. The topological polar surface area (TPSA) is 72.2 Å². The van der Waals surface area contributed by atoms with Crippen LogP contribution in [-0.2, 0) is 10.0 Å². The number of rotatable bonds is 5. The summed E-state index contributed by atoms with van der Waals surface area (Å²) in [6.45, 7) is 2.59. The van der Waals surface area contributed by atoms with Crippen molar-refractivity contribution in [2.75, 3.05) is 12.3 Å². The van der Waals surface area contributed by atoms with Crippen LogP contribution in [0.4, 0.5) is 5.69 Å². The van der Waals surface area contributed by atoms with Gasteiger partial charge >= 0.3 is 0 Å². The van der Waals surface area contributed by atoms with Crippen molar-refractivity contribution in [3.05, 3.63) is 23.2 Å². The Kier molecular flexibility index (Phi) is 4.62. The van der Waals surface area contributed by atoms with E-state index in [1.807, 2.05) is 0 Å². The van der Waals surface area contributed by atoms with Gasteiger partial charge in [-0.3, -0.25) is 0 Å². The second-order valence-corrected chi connectivity index (χ2v) is 7.74. The maximum atomic E-state index is 12.4. The maximum Gasteiger partial charge on any atom is 0.242 e. The van der Waals surface area contributed by atoms with Gasteiger partial charge in [0.05, 0.1) is 5.69 Å². The Morgan fingerprint density at radius 1 is 1.35 bits per heavy atom. The number of hydrogen-bond donors (Lipinski definition) is 2. The Morgan fingerprint density at radius 2 is 2.00 bits per heavy atom. The molecule has 0 unspecified atom stereocenters. The molecule has 1 aromatic rings. The molecule has 20 heavy (non-hydrogen) atoms. The van der Waals surface area contributed by atoms with Gasteiger partial charge in [-0.25, -0.2) is 13.1 Å². The highest BCUT2D eigenvalue weighted by molar-refractivity contribution is 7.89. The fourth-order valence-corrected chi connectivity index (χ4v) is 4.40. The summed E-state index contributed by atoms with van der Waals surface area (Å²) in [4.78, 5) is 0.0641. The van der Waals surface area contributed by atoms with E-state index in [0.717, 1.165) is 19.3 Å². The van der Waals surface area contributed by atoms with Crippen LogP contribution in [0, 0.1) is 5.41 Å². The zero-order valence-corrected chi connectivity index (χ0v) is 13.2. The molecule has 6 heteroatoms. The number of anilines is 1. The van der Waals surface area contributed by atoms with Gasteiger partial charge in [0.1, 0.15) is 4.90 Å². The van der Waals surface area contributed by atoms with Crippen LogP contribution in [0.3, 0.4) is 0 Å². The van der Waals surface area contributed by atoms with Crippen LogP contribution in [-0.4, -0.2) is 15.0 Å². The van der Waals surface area contributed by atoms with Crippen molar-refractivity contribution < 1.29 is 8.42 Å². The second kappa shape index (κ2) is 5.92. The summed E-state index contributed by atoms with van der Waals surface area (Å²) in [6, 6.07) is 4.49. The Balaban J connectivity index is 2.17. The van der Waals surface area contributed by atoms with Crippen molar-refractivity contribution in [1.29, 1.82) is 0 Å². The number of benzene rings is 1. The lowest BCUT2D eigenvalue weighted by atomic mass is 9.84.